The summed E-state index contributed by atoms with van der Waals surface area (Å²) in [5.41, 5.74) is 0.620. The minimum atomic E-state index is -0.889. The second-order valence-electron chi connectivity index (χ2n) is 5.70. The number of hydrogen-bond donors (Lipinski definition) is 3. The zero-order chi connectivity index (χ0) is 20.1. The maximum absolute atomic E-state index is 13.7. The van der Waals surface area contributed by atoms with Crippen LogP contribution in [-0.2, 0) is 4.79 Å². The molecule has 3 aromatic rings. The van der Waals surface area contributed by atoms with Crippen molar-refractivity contribution in [1.29, 1.82) is 0 Å². The van der Waals surface area contributed by atoms with Gasteiger partial charge in [0.15, 0.2) is 0 Å². The van der Waals surface area contributed by atoms with E-state index in [4.69, 9.17) is 0 Å². The van der Waals surface area contributed by atoms with Crippen LogP contribution >= 0.6 is 0 Å². The normalized spacial score (nSPS) is 10.2. The van der Waals surface area contributed by atoms with Crippen molar-refractivity contribution in [3.05, 3.63) is 72.1 Å². The molecule has 0 saturated heterocycles. The van der Waals surface area contributed by atoms with Gasteiger partial charge in [0.25, 0.3) is 5.91 Å². The number of nitrogens with one attached hydrogen (secondary N) is 3. The number of rotatable bonds is 5. The number of aromatic nitrogens is 2. The van der Waals surface area contributed by atoms with E-state index < -0.39 is 23.2 Å². The highest BCUT2D eigenvalue weighted by Gasteiger charge is 2.15. The molecule has 1 aromatic heterocycles. The monoisotopic (exact) mass is 383 g/mol. The molecule has 3 N–H and O–H groups in total. The number of para-hydroxylation sites is 1. The average molecular weight is 383 g/mol. The molecule has 2 amide bonds. The van der Waals surface area contributed by atoms with E-state index >= 15 is 0 Å². The number of nitrogens with zero attached hydrogens (tertiary/aromatic N) is 2. The quantitative estimate of drug-likeness (QED) is 0.624. The molecule has 0 spiro atoms. The number of carbonyl (C=O) groups excluding carboxylic acids is 2. The number of carbonyl (C=O) groups is 2. The van der Waals surface area contributed by atoms with Crippen molar-refractivity contribution < 1.29 is 18.4 Å². The minimum Gasteiger partial charge on any atom is -0.326 e. The van der Waals surface area contributed by atoms with E-state index in [1.807, 2.05) is 0 Å². The Balaban J connectivity index is 1.73. The summed E-state index contributed by atoms with van der Waals surface area (Å²) in [4.78, 5) is 31.4. The molecular weight excluding hydrogens is 368 g/mol. The molecular formula is C19H15F2N5O2. The predicted octanol–water partition coefficient (Wildman–Crippen LogP) is 3.71. The third kappa shape index (κ3) is 4.64. The summed E-state index contributed by atoms with van der Waals surface area (Å²) >= 11 is 0. The molecule has 0 radical (unpaired) electrons. The molecule has 0 fully saturated rings. The van der Waals surface area contributed by atoms with Crippen LogP contribution in [0.1, 0.15) is 17.4 Å². The number of halogens is 2. The summed E-state index contributed by atoms with van der Waals surface area (Å²) in [6, 6.07) is 11.3. The first-order valence-electron chi connectivity index (χ1n) is 8.15. The van der Waals surface area contributed by atoms with Gasteiger partial charge in [-0.15, -0.1) is 0 Å². The Morgan fingerprint density at radius 1 is 0.893 bits per heavy atom. The maximum Gasteiger partial charge on any atom is 0.274 e. The third-order valence-corrected chi connectivity index (χ3v) is 3.55. The van der Waals surface area contributed by atoms with Gasteiger partial charge >= 0.3 is 0 Å². The van der Waals surface area contributed by atoms with Gasteiger partial charge in [-0.05, 0) is 42.5 Å². The van der Waals surface area contributed by atoms with Gasteiger partial charge in [0.1, 0.15) is 23.0 Å². The highest BCUT2D eigenvalue weighted by Crippen LogP contribution is 2.20. The van der Waals surface area contributed by atoms with Crippen LogP contribution in [-0.4, -0.2) is 21.8 Å². The van der Waals surface area contributed by atoms with Crippen molar-refractivity contribution in [2.45, 2.75) is 6.92 Å². The van der Waals surface area contributed by atoms with Crippen LogP contribution in [0.3, 0.4) is 0 Å². The highest BCUT2D eigenvalue weighted by atomic mass is 19.1. The molecule has 0 aliphatic heterocycles. The van der Waals surface area contributed by atoms with Gasteiger partial charge in [-0.25, -0.2) is 18.7 Å². The number of anilines is 4. The smallest absolute Gasteiger partial charge is 0.274 e. The number of benzene rings is 2. The zero-order valence-corrected chi connectivity index (χ0v) is 14.7. The first-order valence-corrected chi connectivity index (χ1v) is 8.15. The Labute approximate surface area is 158 Å². The number of amides is 2. The fourth-order valence-electron chi connectivity index (χ4n) is 2.31. The third-order valence-electron chi connectivity index (χ3n) is 3.55. The Bertz CT molecular complexity index is 1000. The van der Waals surface area contributed by atoms with Crippen molar-refractivity contribution in [3.63, 3.8) is 0 Å². The fraction of sp³-hybridized carbons (Fsp3) is 0.0526. The van der Waals surface area contributed by atoms with E-state index in [0.717, 1.165) is 12.1 Å². The molecule has 0 aliphatic carbocycles. The highest BCUT2D eigenvalue weighted by molar-refractivity contribution is 6.03. The van der Waals surface area contributed by atoms with Crippen molar-refractivity contribution in [3.8, 4) is 0 Å². The second kappa shape index (κ2) is 8.21. The maximum atomic E-state index is 13.7. The van der Waals surface area contributed by atoms with Crippen LogP contribution < -0.4 is 16.0 Å². The van der Waals surface area contributed by atoms with Crippen LogP contribution in [0.25, 0.3) is 0 Å². The van der Waals surface area contributed by atoms with Gasteiger partial charge in [-0.2, -0.15) is 0 Å². The van der Waals surface area contributed by atoms with E-state index in [1.54, 1.807) is 24.3 Å². The topological polar surface area (TPSA) is 96.0 Å². The average Bonchev–Trinajstić information content (AvgIpc) is 2.66. The summed E-state index contributed by atoms with van der Waals surface area (Å²) in [7, 11) is 0. The predicted molar refractivity (Wildman–Crippen MR) is 100 cm³/mol. The van der Waals surface area contributed by atoms with Crippen LogP contribution in [0, 0.1) is 11.6 Å². The van der Waals surface area contributed by atoms with Gasteiger partial charge in [0, 0.05) is 24.5 Å². The Morgan fingerprint density at radius 2 is 1.54 bits per heavy atom. The molecule has 0 unspecified atom stereocenters. The molecule has 9 heteroatoms. The molecule has 0 aliphatic rings. The van der Waals surface area contributed by atoms with E-state index in [9.17, 15) is 18.4 Å². The molecule has 2 aromatic carbocycles. The molecule has 142 valence electrons. The standard InChI is InChI=1S/C19H15F2N5O2/c1-11(27)23-12-5-7-13(8-6-12)24-19-22-10-9-16(25-19)18(28)26-17-14(20)3-2-4-15(17)21/h2-10H,1H3,(H,23,27)(H,26,28)(H,22,24,25). The van der Waals surface area contributed by atoms with E-state index in [2.05, 4.69) is 25.9 Å². The van der Waals surface area contributed by atoms with Crippen molar-refractivity contribution >= 4 is 34.8 Å². The summed E-state index contributed by atoms with van der Waals surface area (Å²) < 4.78 is 27.4. The van der Waals surface area contributed by atoms with Gasteiger partial charge in [-0.3, -0.25) is 9.59 Å². The molecule has 3 rings (SSSR count). The van der Waals surface area contributed by atoms with E-state index in [1.165, 1.54) is 25.3 Å². The second-order valence-corrected chi connectivity index (χ2v) is 5.70. The van der Waals surface area contributed by atoms with Crippen molar-refractivity contribution in [1.82, 2.24) is 9.97 Å². The van der Waals surface area contributed by atoms with Crippen LogP contribution in [0.2, 0.25) is 0 Å². The van der Waals surface area contributed by atoms with Crippen LogP contribution in [0.4, 0.5) is 31.8 Å². The van der Waals surface area contributed by atoms with Crippen molar-refractivity contribution in [2.75, 3.05) is 16.0 Å². The van der Waals surface area contributed by atoms with Crippen LogP contribution in [0.15, 0.2) is 54.7 Å². The lowest BCUT2D eigenvalue weighted by Gasteiger charge is -2.09. The lowest BCUT2D eigenvalue weighted by Crippen LogP contribution is -2.16. The van der Waals surface area contributed by atoms with E-state index in [-0.39, 0.29) is 17.5 Å². The number of hydrogen-bond acceptors (Lipinski definition) is 5. The first kappa shape index (κ1) is 18.9. The van der Waals surface area contributed by atoms with Gasteiger partial charge in [-0.1, -0.05) is 6.07 Å². The Morgan fingerprint density at radius 3 is 2.18 bits per heavy atom. The van der Waals surface area contributed by atoms with E-state index in [0.29, 0.717) is 11.4 Å². The summed E-state index contributed by atoms with van der Waals surface area (Å²) in [6.45, 7) is 1.41. The first-order chi connectivity index (χ1) is 13.4. The lowest BCUT2D eigenvalue weighted by atomic mass is 10.2. The molecule has 0 saturated carbocycles. The summed E-state index contributed by atoms with van der Waals surface area (Å²) in [6.07, 6.45) is 1.34. The molecule has 1 heterocycles. The lowest BCUT2D eigenvalue weighted by molar-refractivity contribution is -0.114. The molecule has 28 heavy (non-hydrogen) atoms. The minimum absolute atomic E-state index is 0.0741. The van der Waals surface area contributed by atoms with Gasteiger partial charge in [0.2, 0.25) is 11.9 Å². The Hall–Kier alpha value is -3.88. The Kier molecular flexibility index (Phi) is 5.54. The summed E-state index contributed by atoms with van der Waals surface area (Å²) in [5.74, 6) is -2.63. The van der Waals surface area contributed by atoms with Gasteiger partial charge in [0.05, 0.1) is 0 Å². The fourth-order valence-corrected chi connectivity index (χ4v) is 2.31. The van der Waals surface area contributed by atoms with Crippen LogP contribution in [0.5, 0.6) is 0 Å². The zero-order valence-electron chi connectivity index (χ0n) is 14.7. The molecule has 0 bridgehead atoms. The molecule has 0 atom stereocenters. The summed E-state index contributed by atoms with van der Waals surface area (Å²) in [5, 5.41) is 7.71. The SMILES string of the molecule is CC(=O)Nc1ccc(Nc2nccc(C(=O)Nc3c(F)cccc3F)n2)cc1. The molecule has 7 nitrogen and oxygen atoms in total. The van der Waals surface area contributed by atoms with Crippen molar-refractivity contribution in [2.24, 2.45) is 0 Å². The largest absolute Gasteiger partial charge is 0.326 e. The van der Waals surface area contributed by atoms with Gasteiger partial charge < -0.3 is 16.0 Å².